The molecule has 0 bridgehead atoms. The molecule has 0 spiro atoms. The Morgan fingerprint density at radius 1 is 1.29 bits per heavy atom. The zero-order chi connectivity index (χ0) is 22.8. The van der Waals surface area contributed by atoms with Gasteiger partial charge in [0.25, 0.3) is 5.91 Å². The number of nitrogens with zero attached hydrogens (tertiary/aromatic N) is 2. The molecule has 1 atom stereocenters. The van der Waals surface area contributed by atoms with Gasteiger partial charge in [-0.3, -0.25) is 4.79 Å². The van der Waals surface area contributed by atoms with Gasteiger partial charge in [0.15, 0.2) is 0 Å². The molecule has 162 valence electrons. The zero-order valence-corrected chi connectivity index (χ0v) is 19.2. The van der Waals surface area contributed by atoms with Crippen molar-refractivity contribution in [2.45, 2.75) is 58.5 Å². The van der Waals surface area contributed by atoms with Gasteiger partial charge >= 0.3 is 0 Å². The lowest BCUT2D eigenvalue weighted by molar-refractivity contribution is -0.112. The summed E-state index contributed by atoms with van der Waals surface area (Å²) in [6.45, 7) is 11.2. The maximum Gasteiger partial charge on any atom is 0.266 e. The average Bonchev–Trinajstić information content (AvgIpc) is 2.71. The van der Waals surface area contributed by atoms with E-state index in [0.717, 1.165) is 12.0 Å². The molecule has 2 aromatic carbocycles. The molecule has 0 saturated carbocycles. The number of methoxy groups -OCH3 is 1. The molecule has 3 rings (SSSR count). The van der Waals surface area contributed by atoms with E-state index in [2.05, 4.69) is 57.0 Å². The van der Waals surface area contributed by atoms with Gasteiger partial charge in [-0.1, -0.05) is 19.1 Å². The molecule has 5 nitrogen and oxygen atoms in total. The molecule has 1 heterocycles. The standard InChI is InChI=1S/C26H31N3O2/c1-17(2)29-24-11-10-19(13-23(24)18(3)15-26(29,4)5)12-20(16-27)25(30)28-21-8-7-9-22(14-21)31-6/h7-14,17-18H,15H2,1-6H3,(H,28,30)/b20-12-. The van der Waals surface area contributed by atoms with Gasteiger partial charge in [-0.15, -0.1) is 0 Å². The maximum absolute atomic E-state index is 12.7. The van der Waals surface area contributed by atoms with E-state index in [0.29, 0.717) is 23.4 Å². The molecule has 0 aliphatic carbocycles. The second-order valence-corrected chi connectivity index (χ2v) is 9.06. The second kappa shape index (κ2) is 8.85. The largest absolute Gasteiger partial charge is 0.497 e. The molecular weight excluding hydrogens is 386 g/mol. The van der Waals surface area contributed by atoms with E-state index in [1.54, 1.807) is 37.5 Å². The summed E-state index contributed by atoms with van der Waals surface area (Å²) in [5.41, 5.74) is 4.06. The van der Waals surface area contributed by atoms with Crippen LogP contribution in [0.2, 0.25) is 0 Å². The molecule has 0 saturated heterocycles. The first-order valence-electron chi connectivity index (χ1n) is 10.7. The van der Waals surface area contributed by atoms with E-state index in [1.165, 1.54) is 11.3 Å². The van der Waals surface area contributed by atoms with Gasteiger partial charge in [-0.05, 0) is 81.5 Å². The monoisotopic (exact) mass is 417 g/mol. The van der Waals surface area contributed by atoms with Crippen molar-refractivity contribution in [1.82, 2.24) is 0 Å². The first kappa shape index (κ1) is 22.4. The van der Waals surface area contributed by atoms with Gasteiger partial charge in [0.05, 0.1) is 7.11 Å². The molecule has 0 aromatic heterocycles. The van der Waals surface area contributed by atoms with Gasteiger partial charge in [0.2, 0.25) is 0 Å². The van der Waals surface area contributed by atoms with Crippen molar-refractivity contribution in [3.8, 4) is 11.8 Å². The van der Waals surface area contributed by atoms with Crippen molar-refractivity contribution in [3.05, 3.63) is 59.2 Å². The predicted octanol–water partition coefficient (Wildman–Crippen LogP) is 5.74. The van der Waals surface area contributed by atoms with Gasteiger partial charge in [-0.2, -0.15) is 5.26 Å². The number of hydrogen-bond acceptors (Lipinski definition) is 4. The highest BCUT2D eigenvalue weighted by Gasteiger charge is 2.37. The molecule has 1 unspecified atom stereocenters. The number of carbonyl (C=O) groups excluding carboxylic acids is 1. The van der Waals surface area contributed by atoms with Gasteiger partial charge < -0.3 is 15.0 Å². The summed E-state index contributed by atoms with van der Waals surface area (Å²) in [6.07, 6.45) is 2.70. The number of benzene rings is 2. The van der Waals surface area contributed by atoms with Crippen LogP contribution < -0.4 is 15.0 Å². The lowest BCUT2D eigenvalue weighted by Crippen LogP contribution is -2.51. The minimum Gasteiger partial charge on any atom is -0.497 e. The molecule has 0 radical (unpaired) electrons. The Morgan fingerprint density at radius 3 is 2.68 bits per heavy atom. The first-order valence-corrected chi connectivity index (χ1v) is 10.7. The third kappa shape index (κ3) is 4.74. The SMILES string of the molecule is COc1cccc(NC(=O)/C(C#N)=C\c2ccc3c(c2)C(C)CC(C)(C)N3C(C)C)c1. The number of hydrogen-bond donors (Lipinski definition) is 1. The number of anilines is 2. The zero-order valence-electron chi connectivity index (χ0n) is 19.2. The van der Waals surface area contributed by atoms with Crippen molar-refractivity contribution in [2.24, 2.45) is 0 Å². The van der Waals surface area contributed by atoms with Crippen LogP contribution in [-0.2, 0) is 4.79 Å². The van der Waals surface area contributed by atoms with E-state index in [9.17, 15) is 10.1 Å². The molecule has 1 aliphatic rings. The highest BCUT2D eigenvalue weighted by molar-refractivity contribution is 6.09. The van der Waals surface area contributed by atoms with Crippen LogP contribution >= 0.6 is 0 Å². The van der Waals surface area contributed by atoms with Gasteiger partial charge in [-0.25, -0.2) is 0 Å². The summed E-state index contributed by atoms with van der Waals surface area (Å²) in [5, 5.41) is 12.4. The number of amides is 1. The molecule has 5 heteroatoms. The van der Waals surface area contributed by atoms with Crippen LogP contribution in [0.3, 0.4) is 0 Å². The number of nitrogens with one attached hydrogen (secondary N) is 1. The smallest absolute Gasteiger partial charge is 0.266 e. The molecule has 2 aromatic rings. The number of nitriles is 1. The van der Waals surface area contributed by atoms with Crippen molar-refractivity contribution >= 4 is 23.4 Å². The Labute approximate surface area is 185 Å². The second-order valence-electron chi connectivity index (χ2n) is 9.06. The van der Waals surface area contributed by atoms with Crippen LogP contribution in [0.15, 0.2) is 48.0 Å². The van der Waals surface area contributed by atoms with Crippen LogP contribution in [0.5, 0.6) is 5.75 Å². The number of rotatable bonds is 5. The Bertz CT molecular complexity index is 1050. The Morgan fingerprint density at radius 2 is 2.03 bits per heavy atom. The van der Waals surface area contributed by atoms with Gasteiger partial charge in [0.1, 0.15) is 17.4 Å². The van der Waals surface area contributed by atoms with Crippen LogP contribution in [0.1, 0.15) is 58.1 Å². The lowest BCUT2D eigenvalue weighted by Gasteiger charge is -2.50. The van der Waals surface area contributed by atoms with Crippen LogP contribution in [0.25, 0.3) is 6.08 Å². The van der Waals surface area contributed by atoms with E-state index >= 15 is 0 Å². The normalized spacial score (nSPS) is 17.7. The fraction of sp³-hybridized carbons (Fsp3) is 0.385. The molecule has 1 N–H and O–H groups in total. The average molecular weight is 418 g/mol. The first-order chi connectivity index (χ1) is 14.7. The Hall–Kier alpha value is -3.26. The van der Waals surface area contributed by atoms with Crippen LogP contribution in [0.4, 0.5) is 11.4 Å². The summed E-state index contributed by atoms with van der Waals surface area (Å²) in [7, 11) is 1.57. The Balaban J connectivity index is 1.91. The lowest BCUT2D eigenvalue weighted by atomic mass is 9.79. The highest BCUT2D eigenvalue weighted by Crippen LogP contribution is 2.44. The van der Waals surface area contributed by atoms with Crippen molar-refractivity contribution in [2.75, 3.05) is 17.3 Å². The quantitative estimate of drug-likeness (QED) is 0.497. The van der Waals surface area contributed by atoms with E-state index < -0.39 is 5.91 Å². The predicted molar refractivity (Wildman–Crippen MR) is 126 cm³/mol. The minimum atomic E-state index is -0.438. The van der Waals surface area contributed by atoms with E-state index in [4.69, 9.17) is 4.74 Å². The maximum atomic E-state index is 12.7. The van der Waals surface area contributed by atoms with Gasteiger partial charge in [0, 0.05) is 29.0 Å². The topological polar surface area (TPSA) is 65.4 Å². The summed E-state index contributed by atoms with van der Waals surface area (Å²) < 4.78 is 5.19. The summed E-state index contributed by atoms with van der Waals surface area (Å²) in [5.74, 6) is 0.595. The van der Waals surface area contributed by atoms with Crippen molar-refractivity contribution < 1.29 is 9.53 Å². The molecule has 1 aliphatic heterocycles. The summed E-state index contributed by atoms with van der Waals surface area (Å²) >= 11 is 0. The number of fused-ring (bicyclic) bond motifs is 1. The van der Waals surface area contributed by atoms with E-state index in [1.807, 2.05) is 12.1 Å². The van der Waals surface area contributed by atoms with Crippen LogP contribution in [0, 0.1) is 11.3 Å². The summed E-state index contributed by atoms with van der Waals surface area (Å²) in [4.78, 5) is 15.1. The number of carbonyl (C=O) groups is 1. The molecule has 1 amide bonds. The number of ether oxygens (including phenoxy) is 1. The van der Waals surface area contributed by atoms with Crippen molar-refractivity contribution in [1.29, 1.82) is 5.26 Å². The molecular formula is C26H31N3O2. The third-order valence-electron chi connectivity index (χ3n) is 5.82. The highest BCUT2D eigenvalue weighted by atomic mass is 16.5. The van der Waals surface area contributed by atoms with E-state index in [-0.39, 0.29) is 11.1 Å². The Kier molecular flexibility index (Phi) is 6.40. The van der Waals surface area contributed by atoms with Crippen molar-refractivity contribution in [3.63, 3.8) is 0 Å². The summed E-state index contributed by atoms with van der Waals surface area (Å²) in [6, 6.07) is 15.7. The fourth-order valence-electron chi connectivity index (χ4n) is 4.75. The van der Waals surface area contributed by atoms with Crippen LogP contribution in [-0.4, -0.2) is 24.6 Å². The third-order valence-corrected chi connectivity index (χ3v) is 5.82. The minimum absolute atomic E-state index is 0.0623. The fourth-order valence-corrected chi connectivity index (χ4v) is 4.75. The molecule has 31 heavy (non-hydrogen) atoms. The molecule has 0 fully saturated rings.